The smallest absolute Gasteiger partial charge is 0.410 e. The van der Waals surface area contributed by atoms with Gasteiger partial charge in [0.05, 0.1) is 0 Å². The minimum atomic E-state index is -2.57. The van der Waals surface area contributed by atoms with Crippen LogP contribution in [0.5, 0.6) is 0 Å². The number of carbonyl (C=O) groups is 1. The molecule has 4 N–H and O–H groups in total. The summed E-state index contributed by atoms with van der Waals surface area (Å²) in [6.45, 7) is 6.68. The maximum Gasteiger partial charge on any atom is 0.410 e. The highest BCUT2D eigenvalue weighted by Gasteiger charge is 2.36. The Kier molecular flexibility index (Phi) is 6.37. The molecule has 2 rings (SSSR count). The fourth-order valence-electron chi connectivity index (χ4n) is 3.43. The largest absolute Gasteiger partial charge is 0.444 e. The summed E-state index contributed by atoms with van der Waals surface area (Å²) < 4.78 is 31.9. The summed E-state index contributed by atoms with van der Waals surface area (Å²) in [6, 6.07) is -0.102. The van der Waals surface area contributed by atoms with Crippen molar-refractivity contribution in [3.8, 4) is 0 Å². The van der Waals surface area contributed by atoms with Crippen LogP contribution in [-0.2, 0) is 4.74 Å². The molecular weight excluding hydrogens is 342 g/mol. The molecule has 2 aliphatic rings. The number of amides is 1. The van der Waals surface area contributed by atoms with Crippen molar-refractivity contribution in [2.24, 2.45) is 17.5 Å². The van der Waals surface area contributed by atoms with Crippen molar-refractivity contribution in [3.05, 3.63) is 11.9 Å². The van der Waals surface area contributed by atoms with Crippen LogP contribution in [0, 0.1) is 5.92 Å². The molecule has 1 heterocycles. The van der Waals surface area contributed by atoms with Gasteiger partial charge in [0.1, 0.15) is 5.60 Å². The van der Waals surface area contributed by atoms with Gasteiger partial charge in [0, 0.05) is 49.8 Å². The molecule has 0 aromatic carbocycles. The Bertz CT molecular complexity index is 516. The van der Waals surface area contributed by atoms with E-state index < -0.39 is 11.5 Å². The second-order valence-electron chi connectivity index (χ2n) is 8.41. The third-order valence-electron chi connectivity index (χ3n) is 5.02. The van der Waals surface area contributed by atoms with E-state index >= 15 is 0 Å². The summed E-state index contributed by atoms with van der Waals surface area (Å²) in [5.74, 6) is 3.60. The normalized spacial score (nSPS) is 23.0. The van der Waals surface area contributed by atoms with Crippen molar-refractivity contribution >= 4 is 6.09 Å². The van der Waals surface area contributed by atoms with Crippen molar-refractivity contribution in [2.75, 3.05) is 13.1 Å². The summed E-state index contributed by atoms with van der Waals surface area (Å²) in [5, 5.41) is 1.49. The molecule has 6 nitrogen and oxygen atoms in total. The van der Waals surface area contributed by atoms with Crippen LogP contribution in [-0.4, -0.2) is 46.7 Å². The SMILES string of the molecule is CC(C)(C)OC(=O)N1CCC(/C(N)=C/N(N)C2CCC(F)(F)CC2)CC1. The highest BCUT2D eigenvalue weighted by atomic mass is 19.3. The number of rotatable bonds is 3. The summed E-state index contributed by atoms with van der Waals surface area (Å²) >= 11 is 0. The summed E-state index contributed by atoms with van der Waals surface area (Å²) in [6.07, 6.45) is 3.32. The highest BCUT2D eigenvalue weighted by molar-refractivity contribution is 5.68. The van der Waals surface area contributed by atoms with Gasteiger partial charge in [0.15, 0.2) is 0 Å². The zero-order chi connectivity index (χ0) is 19.5. The van der Waals surface area contributed by atoms with Gasteiger partial charge < -0.3 is 20.4 Å². The van der Waals surface area contributed by atoms with Gasteiger partial charge in [-0.15, -0.1) is 0 Å². The quantitative estimate of drug-likeness (QED) is 0.585. The molecule has 8 heteroatoms. The third-order valence-corrected chi connectivity index (χ3v) is 5.02. The van der Waals surface area contributed by atoms with Crippen LogP contribution in [0.25, 0.3) is 0 Å². The van der Waals surface area contributed by atoms with Crippen molar-refractivity contribution in [2.45, 2.75) is 76.9 Å². The van der Waals surface area contributed by atoms with Gasteiger partial charge in [0.25, 0.3) is 0 Å². The number of hydrogen-bond donors (Lipinski definition) is 2. The molecule has 0 unspecified atom stereocenters. The number of carbonyl (C=O) groups excluding carboxylic acids is 1. The van der Waals surface area contributed by atoms with Gasteiger partial charge in [0.2, 0.25) is 5.92 Å². The Morgan fingerprint density at radius 3 is 2.23 bits per heavy atom. The van der Waals surface area contributed by atoms with Crippen molar-refractivity contribution in [3.63, 3.8) is 0 Å². The lowest BCUT2D eigenvalue weighted by molar-refractivity contribution is -0.0496. The monoisotopic (exact) mass is 374 g/mol. The van der Waals surface area contributed by atoms with Gasteiger partial charge in [-0.3, -0.25) is 0 Å². The molecule has 0 bridgehead atoms. The first-order valence-electron chi connectivity index (χ1n) is 9.33. The van der Waals surface area contributed by atoms with Crippen LogP contribution in [0.4, 0.5) is 13.6 Å². The molecule has 0 atom stereocenters. The van der Waals surface area contributed by atoms with E-state index in [4.69, 9.17) is 16.3 Å². The summed E-state index contributed by atoms with van der Waals surface area (Å²) in [5.41, 5.74) is 6.33. The lowest BCUT2D eigenvalue weighted by Gasteiger charge is -2.35. The van der Waals surface area contributed by atoms with E-state index in [9.17, 15) is 13.6 Å². The minimum Gasteiger partial charge on any atom is -0.444 e. The number of ether oxygens (including phenoxy) is 1. The Balaban J connectivity index is 1.83. The maximum absolute atomic E-state index is 13.3. The topological polar surface area (TPSA) is 84.8 Å². The van der Waals surface area contributed by atoms with Crippen molar-refractivity contribution in [1.29, 1.82) is 0 Å². The molecule has 1 aliphatic carbocycles. The average Bonchev–Trinajstić information content (AvgIpc) is 2.53. The first-order chi connectivity index (χ1) is 12.0. The predicted molar refractivity (Wildman–Crippen MR) is 96.0 cm³/mol. The van der Waals surface area contributed by atoms with E-state index in [0.29, 0.717) is 31.6 Å². The number of halogens is 2. The Morgan fingerprint density at radius 2 is 1.73 bits per heavy atom. The molecule has 26 heavy (non-hydrogen) atoms. The first-order valence-corrected chi connectivity index (χ1v) is 9.33. The van der Waals surface area contributed by atoms with Crippen LogP contribution in [0.1, 0.15) is 59.3 Å². The lowest BCUT2D eigenvalue weighted by Crippen LogP contribution is -2.44. The van der Waals surface area contributed by atoms with E-state index in [1.54, 1.807) is 11.1 Å². The van der Waals surface area contributed by atoms with Gasteiger partial charge in [-0.25, -0.2) is 19.4 Å². The fraction of sp³-hybridized carbons (Fsp3) is 0.833. The lowest BCUT2D eigenvalue weighted by atomic mass is 9.91. The Labute approximate surface area is 154 Å². The van der Waals surface area contributed by atoms with Gasteiger partial charge in [-0.2, -0.15) is 0 Å². The Hall–Kier alpha value is -1.57. The van der Waals surface area contributed by atoms with Crippen LogP contribution in [0.2, 0.25) is 0 Å². The predicted octanol–water partition coefficient (Wildman–Crippen LogP) is 3.19. The van der Waals surface area contributed by atoms with Gasteiger partial charge in [-0.05, 0) is 46.5 Å². The number of alkyl halides is 2. The molecule has 1 saturated heterocycles. The number of likely N-dealkylation sites (tertiary alicyclic amines) is 1. The van der Waals surface area contributed by atoms with E-state index in [2.05, 4.69) is 0 Å². The van der Waals surface area contributed by atoms with E-state index in [0.717, 1.165) is 12.8 Å². The minimum absolute atomic E-state index is 0.102. The molecule has 150 valence electrons. The highest BCUT2D eigenvalue weighted by Crippen LogP contribution is 2.34. The summed E-state index contributed by atoms with van der Waals surface area (Å²) in [7, 11) is 0. The third kappa shape index (κ3) is 6.00. The molecule has 1 aliphatic heterocycles. The molecule has 0 radical (unpaired) electrons. The van der Waals surface area contributed by atoms with Crippen LogP contribution in [0.15, 0.2) is 11.9 Å². The zero-order valence-electron chi connectivity index (χ0n) is 16.0. The van der Waals surface area contributed by atoms with Gasteiger partial charge >= 0.3 is 6.09 Å². The number of hydrogen-bond acceptors (Lipinski definition) is 5. The number of hydrazine groups is 1. The molecule has 2 fully saturated rings. The molecule has 0 spiro atoms. The summed E-state index contributed by atoms with van der Waals surface area (Å²) in [4.78, 5) is 13.8. The fourth-order valence-corrected chi connectivity index (χ4v) is 3.43. The van der Waals surface area contributed by atoms with E-state index in [1.807, 2.05) is 20.8 Å². The average molecular weight is 374 g/mol. The molecular formula is C18H32F2N4O2. The number of piperidine rings is 1. The van der Waals surface area contributed by atoms with Gasteiger partial charge in [-0.1, -0.05) is 0 Å². The second-order valence-corrected chi connectivity index (χ2v) is 8.41. The molecule has 0 aromatic rings. The number of nitrogens with zero attached hydrogens (tertiary/aromatic N) is 2. The van der Waals surface area contributed by atoms with Crippen molar-refractivity contribution in [1.82, 2.24) is 9.91 Å². The molecule has 1 amide bonds. The molecule has 0 aromatic heterocycles. The number of nitrogens with two attached hydrogens (primary N) is 2. The van der Waals surface area contributed by atoms with Crippen LogP contribution in [0.3, 0.4) is 0 Å². The number of allylic oxidation sites excluding steroid dienone is 1. The van der Waals surface area contributed by atoms with Crippen LogP contribution >= 0.6 is 0 Å². The van der Waals surface area contributed by atoms with Crippen molar-refractivity contribution < 1.29 is 18.3 Å². The second kappa shape index (κ2) is 7.98. The van der Waals surface area contributed by atoms with E-state index in [-0.39, 0.29) is 30.9 Å². The first kappa shape index (κ1) is 20.7. The Morgan fingerprint density at radius 1 is 1.19 bits per heavy atom. The van der Waals surface area contributed by atoms with E-state index in [1.165, 1.54) is 5.01 Å². The maximum atomic E-state index is 13.3. The standard InChI is InChI=1S/C18H32F2N4O2/c1-17(2,3)26-16(25)23-10-6-13(7-11-23)15(21)12-24(22)14-4-8-18(19,20)9-5-14/h12-14H,4-11,21-22H2,1-3H3/b15-12-. The zero-order valence-corrected chi connectivity index (χ0v) is 16.0. The van der Waals surface area contributed by atoms with Crippen LogP contribution < -0.4 is 11.6 Å². The molecule has 1 saturated carbocycles.